The van der Waals surface area contributed by atoms with E-state index in [2.05, 4.69) is 0 Å². The highest BCUT2D eigenvalue weighted by Gasteiger charge is 2.20. The van der Waals surface area contributed by atoms with E-state index in [9.17, 15) is 19.5 Å². The minimum atomic E-state index is -0.988. The first kappa shape index (κ1) is 19.7. The third-order valence-corrected chi connectivity index (χ3v) is 3.68. The Morgan fingerprint density at radius 1 is 1.22 bits per heavy atom. The van der Waals surface area contributed by atoms with E-state index in [1.807, 2.05) is 4.90 Å². The molecule has 0 amide bonds. The highest BCUT2D eigenvalue weighted by atomic mass is 16.5. The van der Waals surface area contributed by atoms with E-state index in [0.717, 1.165) is 0 Å². The molecule has 1 atom stereocenters. The van der Waals surface area contributed by atoms with Crippen LogP contribution in [0.25, 0.3) is 0 Å². The summed E-state index contributed by atoms with van der Waals surface area (Å²) < 4.78 is 9.91. The van der Waals surface area contributed by atoms with Crippen LogP contribution in [0.1, 0.15) is 39.0 Å². The van der Waals surface area contributed by atoms with Crippen LogP contribution in [0.15, 0.2) is 0 Å². The van der Waals surface area contributed by atoms with Crippen molar-refractivity contribution in [1.82, 2.24) is 4.90 Å². The molecule has 1 rings (SSSR count). The molecule has 0 aromatic rings. The standard InChI is InChI=1S/C16H27NO6/c1-2-23-16(21)11-13(18)5-3-4-6-14(19)15(20)12-17-7-9-22-10-8-17/h14,19H,2-12H2,1H3/t14-/m0/s1. The molecule has 1 N–H and O–H groups in total. The number of aliphatic hydroxyl groups excluding tert-OH is 1. The minimum absolute atomic E-state index is 0.169. The lowest BCUT2D eigenvalue weighted by molar-refractivity contribution is -0.145. The Kier molecular flexibility index (Phi) is 9.66. The van der Waals surface area contributed by atoms with Crippen LogP contribution in [0.4, 0.5) is 0 Å². The Balaban J connectivity index is 2.10. The van der Waals surface area contributed by atoms with Crippen molar-refractivity contribution in [2.75, 3.05) is 39.5 Å². The number of carbonyl (C=O) groups is 3. The zero-order chi connectivity index (χ0) is 17.1. The van der Waals surface area contributed by atoms with Gasteiger partial charge < -0.3 is 14.6 Å². The molecule has 1 saturated heterocycles. The number of rotatable bonds is 11. The largest absolute Gasteiger partial charge is 0.466 e. The molecule has 1 aliphatic heterocycles. The van der Waals surface area contributed by atoms with E-state index in [1.165, 1.54) is 0 Å². The summed E-state index contributed by atoms with van der Waals surface area (Å²) in [5.41, 5.74) is 0. The first-order valence-electron chi connectivity index (χ1n) is 8.21. The zero-order valence-electron chi connectivity index (χ0n) is 13.8. The fourth-order valence-electron chi connectivity index (χ4n) is 2.37. The molecular weight excluding hydrogens is 302 g/mol. The summed E-state index contributed by atoms with van der Waals surface area (Å²) in [4.78, 5) is 36.5. The van der Waals surface area contributed by atoms with Crippen LogP contribution < -0.4 is 0 Å². The maximum atomic E-state index is 11.9. The van der Waals surface area contributed by atoms with Crippen LogP contribution in [0.3, 0.4) is 0 Å². The van der Waals surface area contributed by atoms with Crippen molar-refractivity contribution in [1.29, 1.82) is 0 Å². The average molecular weight is 329 g/mol. The molecule has 0 aromatic heterocycles. The van der Waals surface area contributed by atoms with Gasteiger partial charge in [-0.05, 0) is 26.2 Å². The summed E-state index contributed by atoms with van der Waals surface area (Å²) in [5, 5.41) is 9.86. The van der Waals surface area contributed by atoms with Crippen LogP contribution in [0.2, 0.25) is 0 Å². The van der Waals surface area contributed by atoms with Gasteiger partial charge in [0.1, 0.15) is 18.3 Å². The molecule has 1 fully saturated rings. The van der Waals surface area contributed by atoms with Gasteiger partial charge >= 0.3 is 5.97 Å². The minimum Gasteiger partial charge on any atom is -0.466 e. The number of nitrogens with zero attached hydrogens (tertiary/aromatic N) is 1. The third kappa shape index (κ3) is 8.78. The zero-order valence-corrected chi connectivity index (χ0v) is 13.8. The maximum Gasteiger partial charge on any atom is 0.313 e. The quantitative estimate of drug-likeness (QED) is 0.332. The number of carbonyl (C=O) groups excluding carboxylic acids is 3. The van der Waals surface area contributed by atoms with Crippen LogP contribution >= 0.6 is 0 Å². The molecule has 0 radical (unpaired) electrons. The lowest BCUT2D eigenvalue weighted by atomic mass is 10.0. The highest BCUT2D eigenvalue weighted by molar-refractivity contribution is 5.95. The molecule has 0 spiro atoms. The monoisotopic (exact) mass is 329 g/mol. The molecule has 0 unspecified atom stereocenters. The lowest BCUT2D eigenvalue weighted by Gasteiger charge is -2.26. The highest BCUT2D eigenvalue weighted by Crippen LogP contribution is 2.08. The summed E-state index contributed by atoms with van der Waals surface area (Å²) in [6.07, 6.45) is 0.550. The van der Waals surface area contributed by atoms with Crippen molar-refractivity contribution < 1.29 is 29.0 Å². The summed E-state index contributed by atoms with van der Waals surface area (Å²) in [5.74, 6) is -0.861. The lowest BCUT2D eigenvalue weighted by Crippen LogP contribution is -2.42. The molecule has 0 aromatic carbocycles. The predicted octanol–water partition coefficient (Wildman–Crippen LogP) is 0.331. The van der Waals surface area contributed by atoms with E-state index in [4.69, 9.17) is 9.47 Å². The third-order valence-electron chi connectivity index (χ3n) is 3.68. The topological polar surface area (TPSA) is 93.1 Å². The fourth-order valence-corrected chi connectivity index (χ4v) is 2.37. The fraction of sp³-hybridized carbons (Fsp3) is 0.812. The Labute approximate surface area is 136 Å². The summed E-state index contributed by atoms with van der Waals surface area (Å²) >= 11 is 0. The molecule has 132 valence electrons. The van der Waals surface area contributed by atoms with Gasteiger partial charge in [-0.25, -0.2) is 0 Å². The number of ketones is 2. The van der Waals surface area contributed by atoms with Crippen LogP contribution in [0.5, 0.6) is 0 Å². The van der Waals surface area contributed by atoms with E-state index in [1.54, 1.807) is 6.92 Å². The number of aliphatic hydroxyl groups is 1. The van der Waals surface area contributed by atoms with Gasteiger partial charge in [0.15, 0.2) is 5.78 Å². The van der Waals surface area contributed by atoms with Gasteiger partial charge in [0.2, 0.25) is 0 Å². The Hall–Kier alpha value is -1.31. The van der Waals surface area contributed by atoms with E-state index in [-0.39, 0.29) is 37.6 Å². The number of unbranched alkanes of at least 4 members (excludes halogenated alkanes) is 1. The summed E-state index contributed by atoms with van der Waals surface area (Å²) in [7, 11) is 0. The molecular formula is C16H27NO6. The molecule has 0 aliphatic carbocycles. The van der Waals surface area contributed by atoms with Crippen LogP contribution in [0, 0.1) is 0 Å². The SMILES string of the molecule is CCOC(=O)CC(=O)CCCC[C@H](O)C(=O)CN1CCOCC1. The van der Waals surface area contributed by atoms with Gasteiger partial charge in [-0.3, -0.25) is 19.3 Å². The van der Waals surface area contributed by atoms with Crippen molar-refractivity contribution >= 4 is 17.5 Å². The molecule has 7 nitrogen and oxygen atoms in total. The second-order valence-electron chi connectivity index (χ2n) is 5.64. The smallest absolute Gasteiger partial charge is 0.313 e. The summed E-state index contributed by atoms with van der Waals surface area (Å²) in [6, 6.07) is 0. The molecule has 7 heteroatoms. The van der Waals surface area contributed by atoms with Crippen molar-refractivity contribution in [3.8, 4) is 0 Å². The first-order valence-corrected chi connectivity index (χ1v) is 8.21. The van der Waals surface area contributed by atoms with E-state index < -0.39 is 12.1 Å². The van der Waals surface area contributed by atoms with Crippen molar-refractivity contribution in [3.05, 3.63) is 0 Å². The van der Waals surface area contributed by atoms with Crippen LogP contribution in [-0.2, 0) is 23.9 Å². The molecule has 1 heterocycles. The van der Waals surface area contributed by atoms with Gasteiger partial charge in [0.05, 0.1) is 26.4 Å². The van der Waals surface area contributed by atoms with Crippen LogP contribution in [-0.4, -0.2) is 73.1 Å². The number of hydrogen-bond acceptors (Lipinski definition) is 7. The molecule has 0 saturated carbocycles. The molecule has 1 aliphatic rings. The number of morpholine rings is 1. The maximum absolute atomic E-state index is 11.9. The van der Waals surface area contributed by atoms with Gasteiger partial charge in [-0.2, -0.15) is 0 Å². The second kappa shape index (κ2) is 11.3. The second-order valence-corrected chi connectivity index (χ2v) is 5.64. The van der Waals surface area contributed by atoms with Gasteiger partial charge in [-0.1, -0.05) is 0 Å². The Bertz CT molecular complexity index is 392. The number of esters is 1. The van der Waals surface area contributed by atoms with Gasteiger partial charge in [0.25, 0.3) is 0 Å². The Morgan fingerprint density at radius 2 is 1.91 bits per heavy atom. The number of hydrogen-bond donors (Lipinski definition) is 1. The van der Waals surface area contributed by atoms with Gasteiger partial charge in [-0.15, -0.1) is 0 Å². The molecule has 0 bridgehead atoms. The van der Waals surface area contributed by atoms with E-state index in [0.29, 0.717) is 45.6 Å². The summed E-state index contributed by atoms with van der Waals surface area (Å²) in [6.45, 7) is 4.85. The number of ether oxygens (including phenoxy) is 2. The van der Waals surface area contributed by atoms with Crippen molar-refractivity contribution in [3.63, 3.8) is 0 Å². The average Bonchev–Trinajstić information content (AvgIpc) is 2.52. The predicted molar refractivity (Wildman–Crippen MR) is 83.0 cm³/mol. The van der Waals surface area contributed by atoms with Crippen molar-refractivity contribution in [2.45, 2.75) is 45.1 Å². The number of Topliss-reactive ketones (excluding diaryl/α,β-unsaturated/α-hetero) is 2. The first-order chi connectivity index (χ1) is 11.0. The Morgan fingerprint density at radius 3 is 2.57 bits per heavy atom. The van der Waals surface area contributed by atoms with Gasteiger partial charge in [0, 0.05) is 19.5 Å². The van der Waals surface area contributed by atoms with Crippen molar-refractivity contribution in [2.24, 2.45) is 0 Å². The van der Waals surface area contributed by atoms with E-state index >= 15 is 0 Å². The molecule has 23 heavy (non-hydrogen) atoms. The normalized spacial score (nSPS) is 16.8.